The number of carbonyl (C=O) groups is 1. The summed E-state index contributed by atoms with van der Waals surface area (Å²) in [7, 11) is 0. The number of hydrogen-bond acceptors (Lipinski definition) is 4. The van der Waals surface area contributed by atoms with Crippen molar-refractivity contribution >= 4 is 17.4 Å². The molecular weight excluding hydrogens is 370 g/mol. The minimum absolute atomic E-state index is 0.189. The van der Waals surface area contributed by atoms with E-state index in [0.717, 1.165) is 40.2 Å². The predicted octanol–water partition coefficient (Wildman–Crippen LogP) is 4.38. The minimum Gasteiger partial charge on any atom is -0.304 e. The molecule has 28 heavy (non-hydrogen) atoms. The van der Waals surface area contributed by atoms with Crippen LogP contribution in [-0.2, 0) is 24.2 Å². The first-order valence-corrected chi connectivity index (χ1v) is 9.91. The number of carbonyl (C=O) groups excluding carboxylic acids is 1. The lowest BCUT2D eigenvalue weighted by atomic mass is 10.0. The molecule has 0 aliphatic carbocycles. The topological polar surface area (TPSA) is 54.9 Å². The molecule has 0 amide bonds. The molecule has 2 aromatic carbocycles. The summed E-state index contributed by atoms with van der Waals surface area (Å²) < 4.78 is 0. The highest BCUT2D eigenvalue weighted by atomic mass is 35.5. The van der Waals surface area contributed by atoms with Crippen molar-refractivity contribution in [2.45, 2.75) is 38.8 Å². The zero-order valence-corrected chi connectivity index (χ0v) is 16.5. The molecule has 5 heteroatoms. The van der Waals surface area contributed by atoms with Gasteiger partial charge in [-0.1, -0.05) is 41.9 Å². The molecule has 0 fully saturated rings. The summed E-state index contributed by atoms with van der Waals surface area (Å²) in [5.74, 6) is 0.960. The number of Topliss-reactive ketones (excluding diaryl/α,β-unsaturated/α-hetero) is 1. The second kappa shape index (κ2) is 8.21. The van der Waals surface area contributed by atoms with Crippen LogP contribution in [0.3, 0.4) is 0 Å². The third-order valence-electron chi connectivity index (χ3n) is 5.14. The molecule has 4 rings (SSSR count). The van der Waals surface area contributed by atoms with Crippen molar-refractivity contribution < 1.29 is 4.79 Å². The van der Waals surface area contributed by atoms with Crippen molar-refractivity contribution in [2.75, 3.05) is 0 Å². The molecule has 3 aromatic rings. The normalized spacial score (nSPS) is 17.4. The maximum Gasteiger partial charge on any atom is 0.149 e. The molecule has 0 radical (unpaired) electrons. The molecule has 1 aliphatic heterocycles. The van der Waals surface area contributed by atoms with Gasteiger partial charge in [0.25, 0.3) is 0 Å². The number of rotatable bonds is 0. The summed E-state index contributed by atoms with van der Waals surface area (Å²) in [5, 5.41) is 4.03. The Morgan fingerprint density at radius 3 is 2.86 bits per heavy atom. The standard InChI is InChI=1S/C23H22ClN3O/c1-15-22(28)8-6-16-3-2-4-18(11-16)21-9-10-25-23(27-21)13-19-12-17(14-26-15)5-7-20(19)24/h2-5,7,9-12,15,26H,6,8,13-14H2,1H3/t15-/m0/s1. The Kier molecular flexibility index (Phi) is 5.51. The number of nitrogens with one attached hydrogen (secondary N) is 1. The molecule has 1 atom stereocenters. The number of aryl methyl sites for hydroxylation is 1. The third-order valence-corrected chi connectivity index (χ3v) is 5.51. The highest BCUT2D eigenvalue weighted by Gasteiger charge is 2.14. The van der Waals surface area contributed by atoms with Gasteiger partial charge in [0.05, 0.1) is 11.7 Å². The number of aromatic nitrogens is 2. The molecule has 6 bridgehead atoms. The number of benzene rings is 2. The molecule has 1 aromatic heterocycles. The van der Waals surface area contributed by atoms with Gasteiger partial charge in [-0.05, 0) is 48.2 Å². The van der Waals surface area contributed by atoms with E-state index < -0.39 is 0 Å². The smallest absolute Gasteiger partial charge is 0.149 e. The number of halogens is 1. The summed E-state index contributed by atoms with van der Waals surface area (Å²) in [6, 6.07) is 15.9. The molecule has 142 valence electrons. The fraction of sp³-hybridized carbons (Fsp3) is 0.261. The minimum atomic E-state index is -0.189. The summed E-state index contributed by atoms with van der Waals surface area (Å²) in [4.78, 5) is 21.7. The number of hydrogen-bond donors (Lipinski definition) is 1. The first-order chi connectivity index (χ1) is 13.6. The highest BCUT2D eigenvalue weighted by molar-refractivity contribution is 6.31. The van der Waals surface area contributed by atoms with Crippen LogP contribution in [0.25, 0.3) is 11.3 Å². The van der Waals surface area contributed by atoms with Crippen molar-refractivity contribution in [1.82, 2.24) is 15.3 Å². The van der Waals surface area contributed by atoms with Crippen LogP contribution in [0.5, 0.6) is 0 Å². The van der Waals surface area contributed by atoms with E-state index >= 15 is 0 Å². The first kappa shape index (κ1) is 18.8. The van der Waals surface area contributed by atoms with Gasteiger partial charge in [0.15, 0.2) is 0 Å². The average molecular weight is 392 g/mol. The predicted molar refractivity (Wildman–Crippen MR) is 111 cm³/mol. The van der Waals surface area contributed by atoms with Crippen molar-refractivity contribution in [3.05, 3.63) is 82.3 Å². The molecule has 0 saturated carbocycles. The Balaban J connectivity index is 1.76. The molecule has 0 unspecified atom stereocenters. The summed E-state index contributed by atoms with van der Waals surface area (Å²) in [5.41, 5.74) is 5.13. The Morgan fingerprint density at radius 1 is 1.07 bits per heavy atom. The fourth-order valence-electron chi connectivity index (χ4n) is 3.44. The van der Waals surface area contributed by atoms with E-state index in [1.165, 1.54) is 0 Å². The van der Waals surface area contributed by atoms with Gasteiger partial charge in [-0.15, -0.1) is 0 Å². The van der Waals surface area contributed by atoms with Gasteiger partial charge in [0.2, 0.25) is 0 Å². The van der Waals surface area contributed by atoms with E-state index in [2.05, 4.69) is 28.5 Å². The largest absolute Gasteiger partial charge is 0.304 e. The second-order valence-corrected chi connectivity index (χ2v) is 7.64. The SMILES string of the molecule is C[C@@H]1NCc2ccc(Cl)c(c2)Cc2nccc(n2)-c2cccc(c2)CCC1=O. The van der Waals surface area contributed by atoms with Crippen LogP contribution in [0.1, 0.15) is 35.9 Å². The van der Waals surface area contributed by atoms with E-state index in [4.69, 9.17) is 16.6 Å². The van der Waals surface area contributed by atoms with Crippen molar-refractivity contribution in [2.24, 2.45) is 0 Å². The van der Waals surface area contributed by atoms with Crippen LogP contribution in [0.15, 0.2) is 54.7 Å². The Hall–Kier alpha value is -2.56. The van der Waals surface area contributed by atoms with Gasteiger partial charge in [-0.3, -0.25) is 4.79 Å². The first-order valence-electron chi connectivity index (χ1n) is 9.53. The molecule has 2 heterocycles. The van der Waals surface area contributed by atoms with Gasteiger partial charge < -0.3 is 5.32 Å². The summed E-state index contributed by atoms with van der Waals surface area (Å²) >= 11 is 6.42. The summed E-state index contributed by atoms with van der Waals surface area (Å²) in [6.07, 6.45) is 3.59. The zero-order chi connectivity index (χ0) is 19.5. The van der Waals surface area contributed by atoms with Crippen LogP contribution in [-0.4, -0.2) is 21.8 Å². The molecular formula is C23H22ClN3O. The fourth-order valence-corrected chi connectivity index (χ4v) is 3.63. The molecule has 4 nitrogen and oxygen atoms in total. The Bertz CT molecular complexity index is 1020. The van der Waals surface area contributed by atoms with E-state index in [0.29, 0.717) is 24.4 Å². The summed E-state index contributed by atoms with van der Waals surface area (Å²) in [6.45, 7) is 2.55. The number of ketones is 1. The Morgan fingerprint density at radius 2 is 1.96 bits per heavy atom. The molecule has 0 saturated heterocycles. The van der Waals surface area contributed by atoms with E-state index in [1.54, 1.807) is 6.20 Å². The van der Waals surface area contributed by atoms with Gasteiger partial charge in [-0.2, -0.15) is 0 Å². The number of nitrogens with zero attached hydrogens (tertiary/aromatic N) is 2. The van der Waals surface area contributed by atoms with Gasteiger partial charge in [-0.25, -0.2) is 9.97 Å². The van der Waals surface area contributed by atoms with E-state index in [1.807, 2.05) is 37.3 Å². The average Bonchev–Trinajstić information content (AvgIpc) is 2.72. The monoisotopic (exact) mass is 391 g/mol. The van der Waals surface area contributed by atoms with Crippen molar-refractivity contribution in [3.8, 4) is 11.3 Å². The van der Waals surface area contributed by atoms with Crippen LogP contribution in [0.4, 0.5) is 0 Å². The maximum absolute atomic E-state index is 12.5. The quantitative estimate of drug-likeness (QED) is 0.617. The van der Waals surface area contributed by atoms with Crippen LogP contribution in [0, 0.1) is 0 Å². The van der Waals surface area contributed by atoms with E-state index in [9.17, 15) is 4.79 Å². The lowest BCUT2D eigenvalue weighted by molar-refractivity contribution is -0.120. The van der Waals surface area contributed by atoms with Gasteiger partial charge in [0, 0.05) is 36.2 Å². The van der Waals surface area contributed by atoms with Crippen LogP contribution < -0.4 is 5.32 Å². The van der Waals surface area contributed by atoms with Gasteiger partial charge in [0.1, 0.15) is 11.6 Å². The van der Waals surface area contributed by atoms with Gasteiger partial charge >= 0.3 is 0 Å². The Labute approximate surface area is 170 Å². The van der Waals surface area contributed by atoms with Crippen LogP contribution >= 0.6 is 11.6 Å². The lowest BCUT2D eigenvalue weighted by Gasteiger charge is -2.15. The zero-order valence-electron chi connectivity index (χ0n) is 15.8. The number of fused-ring (bicyclic) bond motifs is 7. The van der Waals surface area contributed by atoms with Crippen molar-refractivity contribution in [3.63, 3.8) is 0 Å². The van der Waals surface area contributed by atoms with E-state index in [-0.39, 0.29) is 11.8 Å². The van der Waals surface area contributed by atoms with Crippen LogP contribution in [0.2, 0.25) is 5.02 Å². The van der Waals surface area contributed by atoms with Crippen molar-refractivity contribution in [1.29, 1.82) is 0 Å². The molecule has 1 aliphatic rings. The lowest BCUT2D eigenvalue weighted by Crippen LogP contribution is -2.33. The third kappa shape index (κ3) is 4.29. The second-order valence-electron chi connectivity index (χ2n) is 7.23. The molecule has 1 N–H and O–H groups in total. The highest BCUT2D eigenvalue weighted by Crippen LogP contribution is 2.23. The molecule has 0 spiro atoms. The maximum atomic E-state index is 12.5.